The molecule has 5 aliphatic carbocycles. The van der Waals surface area contributed by atoms with E-state index in [0.717, 1.165) is 76.2 Å². The molecule has 0 aromatic carbocycles. The van der Waals surface area contributed by atoms with Gasteiger partial charge in [0.2, 0.25) is 5.91 Å². The molecule has 7 atom stereocenters. The van der Waals surface area contributed by atoms with Gasteiger partial charge in [0.1, 0.15) is 11.7 Å². The smallest absolute Gasteiger partial charge is 0.407 e. The van der Waals surface area contributed by atoms with Crippen LogP contribution >= 0.6 is 0 Å². The first-order valence-electron chi connectivity index (χ1n) is 19.3. The van der Waals surface area contributed by atoms with E-state index in [1.54, 1.807) is 0 Å². The molecule has 0 saturated heterocycles. The first kappa shape index (κ1) is 38.3. The second-order valence-electron chi connectivity index (χ2n) is 19.5. The van der Waals surface area contributed by atoms with E-state index in [4.69, 9.17) is 4.74 Å². The van der Waals surface area contributed by atoms with Gasteiger partial charge in [0.25, 0.3) is 0 Å². The van der Waals surface area contributed by atoms with Crippen LogP contribution in [0.1, 0.15) is 140 Å². The number of alkyl carbamates (subject to hydrolysis) is 1. The topological polar surface area (TPSA) is 125 Å². The average Bonchev–Trinajstić information content (AvgIpc) is 3.00. The molecule has 0 aliphatic heterocycles. The van der Waals surface area contributed by atoms with Crippen molar-refractivity contribution in [2.45, 2.75) is 145 Å². The average molecular weight is 690 g/mol. The van der Waals surface area contributed by atoms with Gasteiger partial charge in [-0.05, 0) is 113 Å². The Morgan fingerprint density at radius 3 is 2.14 bits per heavy atom. The zero-order valence-electron chi connectivity index (χ0n) is 32.6. The van der Waals surface area contributed by atoms with E-state index in [0.29, 0.717) is 13.1 Å². The molecule has 0 bridgehead atoms. The monoisotopic (exact) mass is 689 g/mol. The van der Waals surface area contributed by atoms with Crippen molar-refractivity contribution in [2.24, 2.45) is 50.2 Å². The van der Waals surface area contributed by atoms with Gasteiger partial charge in [0.05, 0.1) is 11.0 Å². The van der Waals surface area contributed by atoms with Crippen LogP contribution in [0, 0.1) is 61.6 Å². The molecule has 5 rings (SSSR count). The Hall–Kier alpha value is -2.95. The maximum Gasteiger partial charge on any atom is 0.407 e. The Morgan fingerprint density at radius 2 is 1.52 bits per heavy atom. The van der Waals surface area contributed by atoms with E-state index in [1.807, 2.05) is 46.8 Å². The summed E-state index contributed by atoms with van der Waals surface area (Å²) < 4.78 is 5.30. The zero-order chi connectivity index (χ0) is 37.1. The third kappa shape index (κ3) is 6.27. The summed E-state index contributed by atoms with van der Waals surface area (Å²) in [5, 5.41) is 16.1. The first-order valence-corrected chi connectivity index (χ1v) is 19.3. The minimum atomic E-state index is -0.693. The maximum absolute atomic E-state index is 14.8. The highest BCUT2D eigenvalue weighted by molar-refractivity contribution is 6.04. The second kappa shape index (κ2) is 12.9. The lowest BCUT2D eigenvalue weighted by Gasteiger charge is -2.69. The van der Waals surface area contributed by atoms with Gasteiger partial charge in [-0.2, -0.15) is 5.26 Å². The number of Topliss-reactive ketones (excluding diaryl/α,β-unsaturated/α-hetero) is 1. The zero-order valence-corrected chi connectivity index (χ0v) is 32.6. The lowest BCUT2D eigenvalue weighted by atomic mass is 9.34. The summed E-state index contributed by atoms with van der Waals surface area (Å²) in [7, 11) is 0. The number of hydrogen-bond acceptors (Lipinski definition) is 6. The van der Waals surface area contributed by atoms with Gasteiger partial charge in [0, 0.05) is 29.8 Å². The molecule has 0 spiro atoms. The summed E-state index contributed by atoms with van der Waals surface area (Å²) in [6, 6.07) is 2.20. The van der Waals surface area contributed by atoms with Crippen molar-refractivity contribution in [1.29, 1.82) is 5.26 Å². The van der Waals surface area contributed by atoms with Crippen LogP contribution < -0.4 is 10.6 Å². The van der Waals surface area contributed by atoms with Crippen LogP contribution in [0.2, 0.25) is 0 Å². The number of nitrogens with zero attached hydrogens (tertiary/aromatic N) is 1. The Labute approximate surface area is 301 Å². The lowest BCUT2D eigenvalue weighted by Crippen LogP contribution is -2.66. The number of carbonyl (C=O) groups excluding carboxylic acids is 4. The number of fused-ring (bicyclic) bond motifs is 7. The number of ketones is 2. The highest BCUT2D eigenvalue weighted by Gasteiger charge is 2.70. The van der Waals surface area contributed by atoms with E-state index in [1.165, 1.54) is 0 Å². The Balaban J connectivity index is 1.34. The van der Waals surface area contributed by atoms with Crippen LogP contribution in [0.3, 0.4) is 0 Å². The molecule has 5 aliphatic rings. The van der Waals surface area contributed by atoms with Crippen molar-refractivity contribution >= 4 is 23.6 Å². The molecule has 8 heteroatoms. The molecule has 2 amide bonds. The summed E-state index contributed by atoms with van der Waals surface area (Å²) in [6.07, 6.45) is 12.9. The van der Waals surface area contributed by atoms with Crippen LogP contribution in [0.4, 0.5) is 4.79 Å². The number of ether oxygens (including phenoxy) is 1. The number of amides is 2. The number of allylic oxidation sites excluding steroid dienone is 4. The molecule has 2 N–H and O–H groups in total. The lowest BCUT2D eigenvalue weighted by molar-refractivity contribution is -0.178. The predicted molar refractivity (Wildman–Crippen MR) is 195 cm³/mol. The van der Waals surface area contributed by atoms with Crippen LogP contribution in [0.15, 0.2) is 23.3 Å². The van der Waals surface area contributed by atoms with E-state index in [-0.39, 0.29) is 57.0 Å². The van der Waals surface area contributed by atoms with E-state index < -0.39 is 27.9 Å². The maximum atomic E-state index is 14.8. The van der Waals surface area contributed by atoms with Gasteiger partial charge in [0.15, 0.2) is 11.6 Å². The van der Waals surface area contributed by atoms with Crippen molar-refractivity contribution in [2.75, 3.05) is 13.1 Å². The van der Waals surface area contributed by atoms with Crippen LogP contribution in [-0.4, -0.2) is 42.3 Å². The molecule has 0 radical (unpaired) electrons. The largest absolute Gasteiger partial charge is 0.444 e. The summed E-state index contributed by atoms with van der Waals surface area (Å²) in [6.45, 7) is 22.1. The third-order valence-corrected chi connectivity index (χ3v) is 14.4. The van der Waals surface area contributed by atoms with Crippen LogP contribution in [0.25, 0.3) is 0 Å². The highest BCUT2D eigenvalue weighted by atomic mass is 16.6. The molecular formula is C42H63N3O5. The molecule has 0 heterocycles. The number of carbonyl (C=O) groups is 4. The molecular weight excluding hydrogens is 626 g/mol. The Morgan fingerprint density at radius 1 is 0.900 bits per heavy atom. The van der Waals surface area contributed by atoms with Crippen molar-refractivity contribution < 1.29 is 23.9 Å². The molecule has 8 nitrogen and oxygen atoms in total. The summed E-state index contributed by atoms with van der Waals surface area (Å²) in [4.78, 5) is 54.4. The van der Waals surface area contributed by atoms with E-state index in [9.17, 15) is 24.4 Å². The van der Waals surface area contributed by atoms with Gasteiger partial charge in [-0.3, -0.25) is 14.4 Å². The number of unbranched alkanes of at least 4 members (excludes halogenated alkanes) is 3. The van der Waals surface area contributed by atoms with Crippen molar-refractivity contribution in [1.82, 2.24) is 10.6 Å². The number of nitriles is 1. The normalized spacial score (nSPS) is 37.0. The quantitative estimate of drug-likeness (QED) is 0.247. The highest BCUT2D eigenvalue weighted by Crippen LogP contribution is 2.74. The van der Waals surface area contributed by atoms with Gasteiger partial charge < -0.3 is 15.4 Å². The standard InChI is InChI=1S/C42H63N3O5/c1-36(2,3)50-35(49)45-22-14-12-11-13-21-44-34(48)42-19-17-37(4,5)25-28(42)32-29(46)23-31-39(8)24-27(26-43)33(47)38(6,7)30(39)15-16-40(31,9)41(32,10)18-20-42/h23-24,28,30,32H,11-22,25H2,1-10H3,(H,44,48)(H,45,49)/t28-,30-,32-,39-,40+,41+,42-/m0/s1. The molecule has 3 fully saturated rings. The second-order valence-corrected chi connectivity index (χ2v) is 19.5. The van der Waals surface area contributed by atoms with Gasteiger partial charge in [-0.25, -0.2) is 4.79 Å². The molecule has 0 unspecified atom stereocenters. The number of nitrogens with one attached hydrogen (secondary N) is 2. The molecule has 3 saturated carbocycles. The summed E-state index contributed by atoms with van der Waals surface area (Å²) >= 11 is 0. The molecule has 0 aromatic heterocycles. The molecule has 0 aromatic rings. The fourth-order valence-corrected chi connectivity index (χ4v) is 11.5. The van der Waals surface area contributed by atoms with Crippen LogP contribution in [0.5, 0.6) is 0 Å². The molecule has 50 heavy (non-hydrogen) atoms. The SMILES string of the molecule is CC1(C)CC[C@]2(C(=O)NCCCCCCNC(=O)OC(C)(C)C)CC[C@]3(C)[C@H](C(=O)C=C4[C@@]5(C)C=C(C#N)C(=O)C(C)(C)[C@@H]5CC[C@]43C)[C@@H]2C1. The number of rotatable bonds is 8. The van der Waals surface area contributed by atoms with E-state index in [2.05, 4.69) is 51.3 Å². The van der Waals surface area contributed by atoms with Gasteiger partial charge in [-0.1, -0.05) is 73.0 Å². The fraction of sp³-hybridized carbons (Fsp3) is 0.786. The fourth-order valence-electron chi connectivity index (χ4n) is 11.5. The first-order chi connectivity index (χ1) is 23.1. The number of hydrogen-bond donors (Lipinski definition) is 2. The Kier molecular flexibility index (Phi) is 9.89. The van der Waals surface area contributed by atoms with Crippen LogP contribution in [-0.2, 0) is 19.1 Å². The Bertz CT molecular complexity index is 1530. The third-order valence-electron chi connectivity index (χ3n) is 14.4. The van der Waals surface area contributed by atoms with Crippen molar-refractivity contribution in [3.63, 3.8) is 0 Å². The van der Waals surface area contributed by atoms with Crippen molar-refractivity contribution in [3.05, 3.63) is 23.3 Å². The van der Waals surface area contributed by atoms with E-state index >= 15 is 0 Å². The minimum Gasteiger partial charge on any atom is -0.444 e. The predicted octanol–water partition coefficient (Wildman–Crippen LogP) is 8.41. The summed E-state index contributed by atoms with van der Waals surface area (Å²) in [5.74, 6) is -0.148. The van der Waals surface area contributed by atoms with Gasteiger partial charge >= 0.3 is 6.09 Å². The molecule has 276 valence electrons. The van der Waals surface area contributed by atoms with Gasteiger partial charge in [-0.15, -0.1) is 0 Å². The minimum absolute atomic E-state index is 0.00943. The van der Waals surface area contributed by atoms with Crippen molar-refractivity contribution in [3.8, 4) is 6.07 Å². The summed E-state index contributed by atoms with van der Waals surface area (Å²) in [5.41, 5.74) is -1.64.